The Morgan fingerprint density at radius 1 is 1.28 bits per heavy atom. The first-order chi connectivity index (χ1) is 12.1. The highest BCUT2D eigenvalue weighted by Gasteiger charge is 2.25. The van der Waals surface area contributed by atoms with Crippen molar-refractivity contribution in [3.63, 3.8) is 0 Å². The summed E-state index contributed by atoms with van der Waals surface area (Å²) in [7, 11) is 0. The molecule has 0 radical (unpaired) electrons. The van der Waals surface area contributed by atoms with Crippen molar-refractivity contribution in [1.29, 1.82) is 0 Å². The molecule has 25 heavy (non-hydrogen) atoms. The Labute approximate surface area is 150 Å². The van der Waals surface area contributed by atoms with Crippen LogP contribution in [0.3, 0.4) is 0 Å². The molecule has 0 bridgehead atoms. The quantitative estimate of drug-likeness (QED) is 0.853. The summed E-state index contributed by atoms with van der Waals surface area (Å²) in [6.07, 6.45) is 3.18. The lowest BCUT2D eigenvalue weighted by Gasteiger charge is -2.32. The number of rotatable bonds is 6. The van der Waals surface area contributed by atoms with Gasteiger partial charge in [0.05, 0.1) is 18.2 Å². The average molecular weight is 348 g/mol. The Kier molecular flexibility index (Phi) is 6.12. The van der Waals surface area contributed by atoms with Crippen LogP contribution < -0.4 is 5.32 Å². The molecule has 1 aromatic rings. The summed E-state index contributed by atoms with van der Waals surface area (Å²) in [5.41, 5.74) is 3.84. The highest BCUT2D eigenvalue weighted by atomic mass is 16.5. The monoisotopic (exact) mass is 348 g/mol. The minimum Gasteiger partial charge on any atom is -0.381 e. The van der Waals surface area contributed by atoms with Crippen LogP contribution in [0.4, 0.5) is 0 Å². The van der Waals surface area contributed by atoms with E-state index in [-0.39, 0.29) is 11.8 Å². The van der Waals surface area contributed by atoms with Crippen molar-refractivity contribution >= 4 is 5.91 Å². The van der Waals surface area contributed by atoms with Crippen molar-refractivity contribution in [3.8, 4) is 0 Å². The zero-order valence-corrected chi connectivity index (χ0v) is 15.9. The van der Waals surface area contributed by atoms with Crippen molar-refractivity contribution in [2.75, 3.05) is 32.8 Å². The van der Waals surface area contributed by atoms with Crippen molar-refractivity contribution in [2.24, 2.45) is 11.8 Å². The molecule has 1 amide bonds. The minimum atomic E-state index is 0.0705. The van der Waals surface area contributed by atoms with Crippen molar-refractivity contribution in [2.45, 2.75) is 53.1 Å². The van der Waals surface area contributed by atoms with Crippen LogP contribution in [0.1, 0.15) is 43.1 Å². The first kappa shape index (κ1) is 18.4. The number of hydrogen-bond acceptors (Lipinski definition) is 4. The van der Waals surface area contributed by atoms with E-state index in [4.69, 9.17) is 4.74 Å². The predicted octanol–water partition coefficient (Wildman–Crippen LogP) is 1.88. The van der Waals surface area contributed by atoms with E-state index in [1.807, 2.05) is 0 Å². The molecule has 2 aliphatic rings. The van der Waals surface area contributed by atoms with E-state index in [2.05, 4.69) is 40.8 Å². The van der Waals surface area contributed by atoms with Crippen LogP contribution in [0, 0.1) is 25.7 Å². The lowest BCUT2D eigenvalue weighted by atomic mass is 9.96. The van der Waals surface area contributed by atoms with E-state index >= 15 is 0 Å². The van der Waals surface area contributed by atoms with Crippen molar-refractivity contribution in [1.82, 2.24) is 20.0 Å². The SMILES string of the molecule is CCn1nc(C)c(CN2CCC(CNC(=O)[C@H]3CCOC3)CC2)c1C. The number of likely N-dealkylation sites (tertiary alicyclic amines) is 1. The summed E-state index contributed by atoms with van der Waals surface area (Å²) < 4.78 is 7.39. The van der Waals surface area contributed by atoms with Crippen LogP contribution >= 0.6 is 0 Å². The molecule has 0 spiro atoms. The second-order valence-electron chi connectivity index (χ2n) is 7.49. The lowest BCUT2D eigenvalue weighted by molar-refractivity contribution is -0.125. The second-order valence-corrected chi connectivity index (χ2v) is 7.49. The van der Waals surface area contributed by atoms with Gasteiger partial charge in [-0.1, -0.05) is 0 Å². The van der Waals surface area contributed by atoms with Gasteiger partial charge in [0.1, 0.15) is 0 Å². The highest BCUT2D eigenvalue weighted by Crippen LogP contribution is 2.22. The summed E-state index contributed by atoms with van der Waals surface area (Å²) >= 11 is 0. The molecule has 140 valence electrons. The number of amides is 1. The second kappa shape index (κ2) is 8.32. The van der Waals surface area contributed by atoms with Gasteiger partial charge >= 0.3 is 0 Å². The maximum Gasteiger partial charge on any atom is 0.225 e. The van der Waals surface area contributed by atoms with E-state index in [9.17, 15) is 4.79 Å². The molecule has 0 aromatic carbocycles. The molecule has 0 saturated carbocycles. The first-order valence-electron chi connectivity index (χ1n) is 9.69. The third kappa shape index (κ3) is 4.42. The van der Waals surface area contributed by atoms with Crippen LogP contribution in [0.2, 0.25) is 0 Å². The van der Waals surface area contributed by atoms with Crippen LogP contribution in [0.25, 0.3) is 0 Å². The normalized spacial score (nSPS) is 22.4. The fraction of sp³-hybridized carbons (Fsp3) is 0.789. The Balaban J connectivity index is 1.43. The number of nitrogens with zero attached hydrogens (tertiary/aromatic N) is 3. The van der Waals surface area contributed by atoms with E-state index < -0.39 is 0 Å². The Bertz CT molecular complexity index is 584. The van der Waals surface area contributed by atoms with Gasteiger partial charge in [-0.25, -0.2) is 0 Å². The summed E-state index contributed by atoms with van der Waals surface area (Å²) in [5, 5.41) is 7.77. The Morgan fingerprint density at radius 2 is 2.04 bits per heavy atom. The number of aryl methyl sites for hydroxylation is 2. The maximum atomic E-state index is 12.1. The molecular weight excluding hydrogens is 316 g/mol. The standard InChI is InChI=1S/C19H32N4O2/c1-4-23-15(3)18(14(2)21-23)12-22-8-5-16(6-9-22)11-20-19(24)17-7-10-25-13-17/h16-17H,4-13H2,1-3H3,(H,20,24)/t17-/m0/s1. The van der Waals surface area contributed by atoms with Crippen LogP contribution in [-0.2, 0) is 22.6 Å². The van der Waals surface area contributed by atoms with Crippen molar-refractivity contribution in [3.05, 3.63) is 17.0 Å². The zero-order chi connectivity index (χ0) is 17.8. The topological polar surface area (TPSA) is 59.4 Å². The molecule has 1 aromatic heterocycles. The summed E-state index contributed by atoms with van der Waals surface area (Å²) in [6.45, 7) is 12.7. The van der Waals surface area contributed by atoms with Gasteiger partial charge in [0.15, 0.2) is 0 Å². The van der Waals surface area contributed by atoms with Gasteiger partial charge in [-0.3, -0.25) is 14.4 Å². The molecule has 2 fully saturated rings. The number of carbonyl (C=O) groups is 1. The van der Waals surface area contributed by atoms with Crippen LogP contribution in [-0.4, -0.2) is 53.4 Å². The van der Waals surface area contributed by atoms with Gasteiger partial charge in [0.2, 0.25) is 5.91 Å². The number of hydrogen-bond donors (Lipinski definition) is 1. The van der Waals surface area contributed by atoms with Gasteiger partial charge in [-0.05, 0) is 59.0 Å². The fourth-order valence-electron chi connectivity index (χ4n) is 3.97. The molecule has 3 rings (SSSR count). The third-order valence-electron chi connectivity index (χ3n) is 5.79. The number of carbonyl (C=O) groups excluding carboxylic acids is 1. The zero-order valence-electron chi connectivity index (χ0n) is 15.9. The summed E-state index contributed by atoms with van der Waals surface area (Å²) in [4.78, 5) is 14.6. The first-order valence-corrected chi connectivity index (χ1v) is 9.69. The minimum absolute atomic E-state index is 0.0705. The van der Waals surface area contributed by atoms with E-state index in [0.717, 1.165) is 64.3 Å². The molecule has 0 unspecified atom stereocenters. The Morgan fingerprint density at radius 3 is 2.64 bits per heavy atom. The molecule has 3 heterocycles. The fourth-order valence-corrected chi connectivity index (χ4v) is 3.97. The van der Waals surface area contributed by atoms with Gasteiger partial charge < -0.3 is 10.1 Å². The van der Waals surface area contributed by atoms with Gasteiger partial charge in [0.25, 0.3) is 0 Å². The smallest absolute Gasteiger partial charge is 0.225 e. The summed E-state index contributed by atoms with van der Waals surface area (Å²) in [6, 6.07) is 0. The molecule has 6 nitrogen and oxygen atoms in total. The van der Waals surface area contributed by atoms with E-state index in [1.54, 1.807) is 0 Å². The van der Waals surface area contributed by atoms with Gasteiger partial charge in [-0.15, -0.1) is 0 Å². The predicted molar refractivity (Wildman–Crippen MR) is 97.3 cm³/mol. The van der Waals surface area contributed by atoms with E-state index in [1.165, 1.54) is 11.3 Å². The molecule has 6 heteroatoms. The summed E-state index contributed by atoms with van der Waals surface area (Å²) in [5.74, 6) is 0.849. The molecule has 0 aliphatic carbocycles. The molecule has 2 saturated heterocycles. The largest absolute Gasteiger partial charge is 0.381 e. The van der Waals surface area contributed by atoms with Crippen molar-refractivity contribution < 1.29 is 9.53 Å². The van der Waals surface area contributed by atoms with Crippen LogP contribution in [0.5, 0.6) is 0 Å². The lowest BCUT2D eigenvalue weighted by Crippen LogP contribution is -2.40. The number of piperidine rings is 1. The molecular formula is C19H32N4O2. The molecule has 1 N–H and O–H groups in total. The average Bonchev–Trinajstić information content (AvgIpc) is 3.25. The molecule has 1 atom stereocenters. The Hall–Kier alpha value is -1.40. The van der Waals surface area contributed by atoms with E-state index in [0.29, 0.717) is 12.5 Å². The van der Waals surface area contributed by atoms with Gasteiger partial charge in [-0.2, -0.15) is 5.10 Å². The number of ether oxygens (including phenoxy) is 1. The maximum absolute atomic E-state index is 12.1. The number of aromatic nitrogens is 2. The van der Waals surface area contributed by atoms with Gasteiger partial charge in [0, 0.05) is 37.5 Å². The van der Waals surface area contributed by atoms with Crippen LogP contribution in [0.15, 0.2) is 0 Å². The molecule has 2 aliphatic heterocycles. The highest BCUT2D eigenvalue weighted by molar-refractivity contribution is 5.78. The number of nitrogens with one attached hydrogen (secondary N) is 1. The third-order valence-corrected chi connectivity index (χ3v) is 5.79.